The van der Waals surface area contributed by atoms with E-state index in [9.17, 15) is 0 Å². The number of rotatable bonds is 8. The fourth-order valence-electron chi connectivity index (χ4n) is 2.33. The van der Waals surface area contributed by atoms with Gasteiger partial charge in [0, 0.05) is 6.42 Å². The molecule has 1 heterocycles. The zero-order chi connectivity index (χ0) is 16.6. The van der Waals surface area contributed by atoms with Crippen molar-refractivity contribution >= 4 is 0 Å². The van der Waals surface area contributed by atoms with Crippen molar-refractivity contribution in [2.75, 3.05) is 19.1 Å². The molecule has 0 radical (unpaired) electrons. The first-order valence-corrected chi connectivity index (χ1v) is 7.77. The van der Waals surface area contributed by atoms with Gasteiger partial charge in [0.05, 0.1) is 20.3 Å². The third-order valence-corrected chi connectivity index (χ3v) is 3.60. The number of aromatic nitrogens is 3. The second-order valence-corrected chi connectivity index (χ2v) is 5.27. The second kappa shape index (κ2) is 8.01. The van der Waals surface area contributed by atoms with Crippen LogP contribution in [-0.2, 0) is 13.0 Å². The monoisotopic (exact) mass is 324 g/mol. The fraction of sp³-hybridized carbons (Fsp3) is 0.222. The Morgan fingerprint density at radius 1 is 0.958 bits per heavy atom. The lowest BCUT2D eigenvalue weighted by atomic mass is 10.2. The highest BCUT2D eigenvalue weighted by Crippen LogP contribution is 2.28. The molecule has 3 aromatic rings. The van der Waals surface area contributed by atoms with Crippen molar-refractivity contribution in [3.8, 4) is 11.5 Å². The van der Waals surface area contributed by atoms with Crippen LogP contribution in [0.15, 0.2) is 61.2 Å². The summed E-state index contributed by atoms with van der Waals surface area (Å²) in [5.41, 5.74) is 5.51. The van der Waals surface area contributed by atoms with Gasteiger partial charge >= 0.3 is 0 Å². The van der Waals surface area contributed by atoms with E-state index in [2.05, 4.69) is 27.8 Å². The molecule has 0 spiro atoms. The van der Waals surface area contributed by atoms with Gasteiger partial charge in [0.1, 0.15) is 12.7 Å². The van der Waals surface area contributed by atoms with E-state index in [0.717, 1.165) is 23.5 Å². The van der Waals surface area contributed by atoms with Gasteiger partial charge < -0.3 is 14.9 Å². The first-order chi connectivity index (χ1) is 11.8. The molecule has 0 amide bonds. The van der Waals surface area contributed by atoms with Gasteiger partial charge in [0.15, 0.2) is 11.5 Å². The topological polar surface area (TPSA) is 61.2 Å². The maximum absolute atomic E-state index is 5.87. The van der Waals surface area contributed by atoms with Gasteiger partial charge in [-0.3, -0.25) is 0 Å². The predicted molar refractivity (Wildman–Crippen MR) is 91.7 cm³/mol. The molecule has 0 unspecified atom stereocenters. The highest BCUT2D eigenvalue weighted by atomic mass is 16.5. The summed E-state index contributed by atoms with van der Waals surface area (Å²) in [5, 5.41) is 7.49. The van der Waals surface area contributed by atoms with Crippen molar-refractivity contribution in [3.05, 3.63) is 72.3 Å². The number of hydrogen-bond donors (Lipinski definition) is 1. The summed E-state index contributed by atoms with van der Waals surface area (Å²) in [5.74, 6) is 1.48. The van der Waals surface area contributed by atoms with Crippen LogP contribution in [0.2, 0.25) is 0 Å². The van der Waals surface area contributed by atoms with Crippen LogP contribution >= 0.6 is 0 Å². The summed E-state index contributed by atoms with van der Waals surface area (Å²) >= 11 is 0. The van der Waals surface area contributed by atoms with Gasteiger partial charge in [-0.05, 0) is 23.3 Å². The lowest BCUT2D eigenvalue weighted by Gasteiger charge is -2.13. The van der Waals surface area contributed by atoms with E-state index in [4.69, 9.17) is 9.47 Å². The number of nitrogens with one attached hydrogen (secondary N) is 1. The van der Waals surface area contributed by atoms with E-state index >= 15 is 0 Å². The van der Waals surface area contributed by atoms with Gasteiger partial charge in [-0.15, -0.1) is 10.2 Å². The fourth-order valence-corrected chi connectivity index (χ4v) is 2.33. The van der Waals surface area contributed by atoms with E-state index in [-0.39, 0.29) is 0 Å². The largest absolute Gasteiger partial charge is 0.493 e. The lowest BCUT2D eigenvalue weighted by Crippen LogP contribution is -2.12. The van der Waals surface area contributed by atoms with E-state index in [1.807, 2.05) is 36.4 Å². The Morgan fingerprint density at radius 3 is 2.50 bits per heavy atom. The Kier molecular flexibility index (Phi) is 5.29. The Labute approximate surface area is 141 Å². The maximum atomic E-state index is 5.87. The van der Waals surface area contributed by atoms with E-state index in [0.29, 0.717) is 13.2 Å². The molecule has 6 heteroatoms. The number of nitrogens with zero attached hydrogens (tertiary/aromatic N) is 3. The van der Waals surface area contributed by atoms with Crippen molar-refractivity contribution in [1.82, 2.24) is 14.9 Å². The number of ether oxygens (including phenoxy) is 2. The molecule has 0 saturated heterocycles. The highest BCUT2D eigenvalue weighted by molar-refractivity contribution is 5.43. The van der Waals surface area contributed by atoms with Crippen molar-refractivity contribution in [2.45, 2.75) is 13.0 Å². The molecule has 124 valence electrons. The van der Waals surface area contributed by atoms with Crippen LogP contribution in [0.3, 0.4) is 0 Å². The summed E-state index contributed by atoms with van der Waals surface area (Å²) in [7, 11) is 1.65. The minimum atomic E-state index is 0.610. The SMILES string of the molecule is COc1cc(CNn2cnnc2)ccc1OCCc1ccccc1. The summed E-state index contributed by atoms with van der Waals surface area (Å²) in [6.45, 7) is 1.25. The average molecular weight is 324 g/mol. The predicted octanol–water partition coefficient (Wildman–Crippen LogP) is 2.65. The zero-order valence-corrected chi connectivity index (χ0v) is 13.6. The van der Waals surface area contributed by atoms with E-state index in [1.54, 1.807) is 24.4 Å². The molecule has 0 bridgehead atoms. The molecular formula is C18H20N4O2. The smallest absolute Gasteiger partial charge is 0.161 e. The molecule has 0 aliphatic rings. The summed E-state index contributed by atoms with van der Waals surface area (Å²) in [6.07, 6.45) is 4.08. The quantitative estimate of drug-likeness (QED) is 0.690. The molecule has 24 heavy (non-hydrogen) atoms. The van der Waals surface area contributed by atoms with Crippen LogP contribution in [0, 0.1) is 0 Å². The average Bonchev–Trinajstić information content (AvgIpc) is 3.15. The lowest BCUT2D eigenvalue weighted by molar-refractivity contribution is 0.297. The van der Waals surface area contributed by atoms with Crippen LogP contribution in [0.5, 0.6) is 11.5 Å². The van der Waals surface area contributed by atoms with Crippen LogP contribution in [0.4, 0.5) is 0 Å². The molecule has 0 atom stereocenters. The van der Waals surface area contributed by atoms with E-state index in [1.165, 1.54) is 5.56 Å². The zero-order valence-electron chi connectivity index (χ0n) is 13.6. The van der Waals surface area contributed by atoms with Gasteiger partial charge in [-0.1, -0.05) is 36.4 Å². The van der Waals surface area contributed by atoms with Crippen LogP contribution in [0.1, 0.15) is 11.1 Å². The molecule has 0 aliphatic carbocycles. The molecule has 6 nitrogen and oxygen atoms in total. The van der Waals surface area contributed by atoms with Crippen molar-refractivity contribution < 1.29 is 9.47 Å². The second-order valence-electron chi connectivity index (χ2n) is 5.27. The number of hydrogen-bond acceptors (Lipinski definition) is 5. The van der Waals surface area contributed by atoms with Gasteiger partial charge in [-0.2, -0.15) is 0 Å². The van der Waals surface area contributed by atoms with Gasteiger partial charge in [0.2, 0.25) is 0 Å². The van der Waals surface area contributed by atoms with Crippen LogP contribution in [0.25, 0.3) is 0 Å². The number of benzene rings is 2. The first-order valence-electron chi connectivity index (χ1n) is 7.77. The Hall–Kier alpha value is -3.02. The summed E-state index contributed by atoms with van der Waals surface area (Å²) in [4.78, 5) is 0. The normalized spacial score (nSPS) is 10.4. The van der Waals surface area contributed by atoms with Crippen LogP contribution in [-0.4, -0.2) is 28.6 Å². The van der Waals surface area contributed by atoms with Crippen molar-refractivity contribution in [3.63, 3.8) is 0 Å². The van der Waals surface area contributed by atoms with Crippen molar-refractivity contribution in [2.24, 2.45) is 0 Å². The van der Waals surface area contributed by atoms with Crippen LogP contribution < -0.4 is 14.9 Å². The molecule has 1 aromatic heterocycles. The number of methoxy groups -OCH3 is 1. The summed E-state index contributed by atoms with van der Waals surface area (Å²) in [6, 6.07) is 16.2. The molecule has 0 saturated carbocycles. The highest BCUT2D eigenvalue weighted by Gasteiger charge is 2.06. The standard InChI is InChI=1S/C18H20N4O2/c1-23-18-11-16(12-21-22-13-19-20-14-22)7-8-17(18)24-10-9-15-5-3-2-4-6-15/h2-8,11,13-14,21H,9-10,12H2,1H3. The minimum Gasteiger partial charge on any atom is -0.493 e. The Bertz CT molecular complexity index is 745. The first kappa shape index (κ1) is 15.9. The minimum absolute atomic E-state index is 0.610. The Morgan fingerprint density at radius 2 is 1.75 bits per heavy atom. The molecular weight excluding hydrogens is 304 g/mol. The molecule has 0 fully saturated rings. The van der Waals surface area contributed by atoms with Gasteiger partial charge in [-0.25, -0.2) is 4.68 Å². The third kappa shape index (κ3) is 4.25. The van der Waals surface area contributed by atoms with E-state index < -0.39 is 0 Å². The molecule has 2 aromatic carbocycles. The third-order valence-electron chi connectivity index (χ3n) is 3.60. The van der Waals surface area contributed by atoms with Crippen molar-refractivity contribution in [1.29, 1.82) is 0 Å². The van der Waals surface area contributed by atoms with Gasteiger partial charge in [0.25, 0.3) is 0 Å². The summed E-state index contributed by atoms with van der Waals surface area (Å²) < 4.78 is 13.0. The Balaban J connectivity index is 1.57. The molecule has 0 aliphatic heterocycles. The molecule has 1 N–H and O–H groups in total. The molecule has 3 rings (SSSR count). The maximum Gasteiger partial charge on any atom is 0.161 e.